The summed E-state index contributed by atoms with van der Waals surface area (Å²) in [7, 11) is 0. The Morgan fingerprint density at radius 2 is 1.23 bits per heavy atom. The Labute approximate surface area is 181 Å². The Morgan fingerprint density at radius 1 is 0.806 bits per heavy atom. The van der Waals surface area contributed by atoms with Crippen molar-refractivity contribution in [2.24, 2.45) is 0 Å². The molecule has 0 bridgehead atoms. The van der Waals surface area contributed by atoms with Gasteiger partial charge in [-0.05, 0) is 23.6 Å². The van der Waals surface area contributed by atoms with Crippen LogP contribution < -0.4 is 0 Å². The molecule has 0 aliphatic heterocycles. The number of aromatic nitrogens is 2. The molecule has 0 amide bonds. The van der Waals surface area contributed by atoms with E-state index in [-0.39, 0.29) is 5.54 Å². The van der Waals surface area contributed by atoms with Crippen LogP contribution >= 0.6 is 0 Å². The number of benzene rings is 3. The summed E-state index contributed by atoms with van der Waals surface area (Å²) >= 11 is 0. The molecule has 0 fully saturated rings. The Balaban J connectivity index is 0.000000628. The minimum absolute atomic E-state index is 0.232. The Morgan fingerprint density at radius 3 is 1.61 bits per heavy atom. The number of rotatable bonds is 6. The molecule has 0 saturated carbocycles. The first-order chi connectivity index (χ1) is 15.0. The van der Waals surface area contributed by atoms with Gasteiger partial charge in [0.05, 0.1) is 11.9 Å². The molecule has 1 aromatic heterocycles. The van der Waals surface area contributed by atoms with Crippen LogP contribution in [0.4, 0.5) is 0 Å². The minimum Gasteiger partial charge on any atom is -0.324 e. The smallest absolute Gasteiger partial charge is 0.324 e. The lowest BCUT2D eigenvalue weighted by atomic mass is 9.78. The number of imidazole rings is 1. The first-order valence-electron chi connectivity index (χ1n) is 9.99. The first kappa shape index (κ1) is 21.8. The van der Waals surface area contributed by atoms with Crippen LogP contribution in [0.15, 0.2) is 104 Å². The zero-order valence-corrected chi connectivity index (χ0v) is 17.4. The van der Waals surface area contributed by atoms with Gasteiger partial charge in [-0.25, -0.2) is 15.4 Å². The van der Waals surface area contributed by atoms with Crippen molar-refractivity contribution in [3.05, 3.63) is 131 Å². The molecule has 0 radical (unpaired) electrons. The van der Waals surface area contributed by atoms with Crippen molar-refractivity contribution in [3.8, 4) is 0 Å². The third-order valence-electron chi connectivity index (χ3n) is 5.27. The van der Waals surface area contributed by atoms with Crippen LogP contribution in [-0.2, 0) is 18.4 Å². The van der Waals surface area contributed by atoms with Crippen molar-refractivity contribution in [1.29, 1.82) is 0 Å². The van der Waals surface area contributed by atoms with Crippen LogP contribution in [0.1, 0.15) is 22.4 Å². The van der Waals surface area contributed by atoms with E-state index in [1.165, 1.54) is 22.4 Å². The summed E-state index contributed by atoms with van der Waals surface area (Å²) < 4.78 is 2.35. The summed E-state index contributed by atoms with van der Waals surface area (Å²) in [4.78, 5) is 12.9. The quantitative estimate of drug-likeness (QED) is 0.435. The van der Waals surface area contributed by atoms with Gasteiger partial charge in [-0.3, -0.25) is 0 Å². The molecule has 0 aliphatic carbocycles. The molecule has 6 heteroatoms. The summed E-state index contributed by atoms with van der Waals surface area (Å²) in [5.74, 6) is 0. The molecule has 4 aromatic rings. The lowest BCUT2D eigenvalue weighted by Gasteiger charge is -2.37. The molecule has 4 rings (SSSR count). The van der Waals surface area contributed by atoms with E-state index in [2.05, 4.69) is 107 Å². The van der Waals surface area contributed by atoms with E-state index in [0.717, 1.165) is 12.8 Å². The fraction of sp³-hybridized carbons (Fsp3) is 0.160. The molecule has 3 aromatic carbocycles. The number of nitrogens with zero attached hydrogens (tertiary/aromatic N) is 3. The molecule has 1 heterocycles. The van der Waals surface area contributed by atoms with Gasteiger partial charge in [0.25, 0.3) is 0 Å². The molecule has 6 nitrogen and oxygen atoms in total. The lowest BCUT2D eigenvalue weighted by Crippen LogP contribution is -2.40. The van der Waals surface area contributed by atoms with Crippen LogP contribution in [-0.4, -0.2) is 25.1 Å². The first-order valence-corrected chi connectivity index (χ1v) is 9.99. The van der Waals surface area contributed by atoms with E-state index in [9.17, 15) is 0 Å². The van der Waals surface area contributed by atoms with Crippen LogP contribution in [0.2, 0.25) is 0 Å². The summed E-state index contributed by atoms with van der Waals surface area (Å²) in [6.07, 6.45) is 5.75. The predicted molar refractivity (Wildman–Crippen MR) is 118 cm³/mol. The molecular formula is C25H26N3O3+. The maximum Gasteiger partial charge on any atom is 0.472 e. The van der Waals surface area contributed by atoms with Crippen LogP contribution in [0.25, 0.3) is 0 Å². The summed E-state index contributed by atoms with van der Waals surface area (Å²) in [5, 5.41) is 12.5. The highest BCUT2D eigenvalue weighted by atomic mass is 16.9. The second-order valence-corrected chi connectivity index (χ2v) is 7.38. The van der Waals surface area contributed by atoms with Gasteiger partial charge in [-0.2, -0.15) is 0 Å². The maximum atomic E-state index is 8.47. The van der Waals surface area contributed by atoms with Crippen molar-refractivity contribution in [1.82, 2.24) is 9.55 Å². The van der Waals surface area contributed by atoms with E-state index < -0.39 is 5.09 Å². The largest absolute Gasteiger partial charge is 0.472 e. The molecule has 0 atom stereocenters. The zero-order valence-electron chi connectivity index (χ0n) is 17.4. The molecule has 0 spiro atoms. The highest BCUT2D eigenvalue weighted by Gasteiger charge is 2.35. The Kier molecular flexibility index (Phi) is 7.17. The minimum atomic E-state index is -1.25. The zero-order chi connectivity index (χ0) is 22.1. The predicted octanol–water partition coefficient (Wildman–Crippen LogP) is 4.96. The van der Waals surface area contributed by atoms with Gasteiger partial charge in [0.15, 0.2) is 0 Å². The summed E-state index contributed by atoms with van der Waals surface area (Å²) in [6.45, 7) is 2.14. The number of hydrogen-bond donors (Lipinski definition) is 2. The Hall–Kier alpha value is -3.93. The molecule has 0 unspecified atom stereocenters. The number of aryl methyl sites for hydroxylation is 1. The third-order valence-corrected chi connectivity index (χ3v) is 5.27. The average molecular weight is 417 g/mol. The third kappa shape index (κ3) is 5.57. The van der Waals surface area contributed by atoms with Gasteiger partial charge in [0.2, 0.25) is 0 Å². The SMILES string of the molecule is Cc1cncn1C(Cc1ccccc1)(Cc1ccccc1)c1ccccc1.O=[N+](O)O. The normalized spacial score (nSPS) is 10.7. The van der Waals surface area contributed by atoms with Crippen molar-refractivity contribution in [3.63, 3.8) is 0 Å². The van der Waals surface area contributed by atoms with Crippen LogP contribution in [0.5, 0.6) is 0 Å². The number of hydrogen-bond acceptors (Lipinski definition) is 2. The fourth-order valence-corrected chi connectivity index (χ4v) is 4.00. The topological polar surface area (TPSA) is 78.4 Å². The van der Waals surface area contributed by atoms with E-state index in [4.69, 9.17) is 15.3 Å². The van der Waals surface area contributed by atoms with E-state index in [0.29, 0.717) is 0 Å². The van der Waals surface area contributed by atoms with Gasteiger partial charge in [0, 0.05) is 24.7 Å². The Bertz CT molecular complexity index is 1040. The van der Waals surface area contributed by atoms with Gasteiger partial charge in [-0.1, -0.05) is 91.0 Å². The highest BCUT2D eigenvalue weighted by Crippen LogP contribution is 2.35. The van der Waals surface area contributed by atoms with Crippen LogP contribution in [0.3, 0.4) is 0 Å². The average Bonchev–Trinajstić information content (AvgIpc) is 3.21. The van der Waals surface area contributed by atoms with Gasteiger partial charge >= 0.3 is 5.09 Å². The summed E-state index contributed by atoms with van der Waals surface area (Å²) in [6, 6.07) is 32.3. The summed E-state index contributed by atoms with van der Waals surface area (Å²) in [5.41, 5.74) is 4.89. The van der Waals surface area contributed by atoms with Crippen molar-refractivity contribution in [2.45, 2.75) is 25.3 Å². The van der Waals surface area contributed by atoms with E-state index in [1.807, 2.05) is 12.5 Å². The standard InChI is InChI=1S/C25H24N2.H2NO3/c1-21-19-26-20-27(21)25(24-15-9-4-10-16-24,17-22-11-5-2-6-12-22)18-23-13-7-3-8-14-23;2-1(3)4/h2-16,19-20H,17-18H2,1H3;(H2,2,3,4)/q;+1. The van der Waals surface area contributed by atoms with E-state index in [1.54, 1.807) is 0 Å². The highest BCUT2D eigenvalue weighted by molar-refractivity contribution is 5.34. The maximum absolute atomic E-state index is 8.47. The van der Waals surface area contributed by atoms with Gasteiger partial charge in [0.1, 0.15) is 4.91 Å². The molecule has 158 valence electrons. The van der Waals surface area contributed by atoms with Crippen LogP contribution in [0, 0.1) is 11.8 Å². The van der Waals surface area contributed by atoms with Crippen molar-refractivity contribution < 1.29 is 15.5 Å². The molecule has 2 N–H and O–H groups in total. The molecule has 31 heavy (non-hydrogen) atoms. The van der Waals surface area contributed by atoms with E-state index >= 15 is 0 Å². The van der Waals surface area contributed by atoms with Crippen molar-refractivity contribution in [2.75, 3.05) is 0 Å². The fourth-order valence-electron chi connectivity index (χ4n) is 4.00. The second kappa shape index (κ2) is 10.2. The monoisotopic (exact) mass is 416 g/mol. The molecule has 0 saturated heterocycles. The molecular weight excluding hydrogens is 390 g/mol. The second-order valence-electron chi connectivity index (χ2n) is 7.38. The molecule has 0 aliphatic rings. The van der Waals surface area contributed by atoms with Crippen molar-refractivity contribution >= 4 is 0 Å². The van der Waals surface area contributed by atoms with Gasteiger partial charge in [-0.15, -0.1) is 0 Å². The van der Waals surface area contributed by atoms with Gasteiger partial charge < -0.3 is 4.57 Å². The lowest BCUT2D eigenvalue weighted by molar-refractivity contribution is -0.969.